The van der Waals surface area contributed by atoms with Crippen molar-refractivity contribution in [3.8, 4) is 11.1 Å². The maximum absolute atomic E-state index is 14.3. The summed E-state index contributed by atoms with van der Waals surface area (Å²) in [6.45, 7) is 4.47. The molecule has 4 heterocycles. The van der Waals surface area contributed by atoms with Gasteiger partial charge in [-0.1, -0.05) is 18.2 Å². The number of rotatable bonds is 11. The molecule has 6 rings (SSSR count). The van der Waals surface area contributed by atoms with E-state index in [9.17, 15) is 26.4 Å². The number of halogens is 3. The van der Waals surface area contributed by atoms with Gasteiger partial charge in [-0.2, -0.15) is 27.3 Å². The van der Waals surface area contributed by atoms with Gasteiger partial charge < -0.3 is 20.7 Å². The predicted octanol–water partition coefficient (Wildman–Crippen LogP) is 5.07. The number of aromatic nitrogens is 5. The van der Waals surface area contributed by atoms with Crippen molar-refractivity contribution in [3.63, 3.8) is 0 Å². The Bertz CT molecular complexity index is 2180. The van der Waals surface area contributed by atoms with Crippen LogP contribution in [0, 0.1) is 13.8 Å². The Hall–Kier alpha value is -4.80. The van der Waals surface area contributed by atoms with Crippen LogP contribution in [0.4, 0.5) is 30.5 Å². The third-order valence-electron chi connectivity index (χ3n) is 8.66. The van der Waals surface area contributed by atoms with Crippen LogP contribution in [-0.4, -0.2) is 70.7 Å². The molecule has 2 aromatic carbocycles. The number of aryl methyl sites for hydroxylation is 1. The molecule has 12 nitrogen and oxygen atoms in total. The number of nitrogens with one attached hydrogen (secondary N) is 3. The van der Waals surface area contributed by atoms with Crippen molar-refractivity contribution in [3.05, 3.63) is 93.7 Å². The number of hydrogen-bond acceptors (Lipinski definition) is 10. The molecule has 264 valence electrons. The van der Waals surface area contributed by atoms with Crippen LogP contribution in [0.25, 0.3) is 22.2 Å². The highest BCUT2D eigenvalue weighted by Gasteiger charge is 2.33. The van der Waals surface area contributed by atoms with Crippen LogP contribution in [0.1, 0.15) is 35.4 Å². The number of alkyl halides is 3. The molecular weight excluding hydrogens is 673 g/mol. The number of nitrogens with zero attached hydrogens (tertiary/aromatic N) is 5. The summed E-state index contributed by atoms with van der Waals surface area (Å²) in [7, 11) is -2.56. The molecule has 5 aromatic rings. The maximum Gasteiger partial charge on any atom is 0.416 e. The molecule has 0 bridgehead atoms. The molecule has 3 N–H and O–H groups in total. The zero-order chi connectivity index (χ0) is 35.6. The quantitative estimate of drug-likeness (QED) is 0.170. The van der Waals surface area contributed by atoms with E-state index in [-0.39, 0.29) is 52.0 Å². The molecule has 0 spiro atoms. The molecule has 0 unspecified atom stereocenters. The Morgan fingerprint density at radius 3 is 2.44 bits per heavy atom. The van der Waals surface area contributed by atoms with E-state index in [0.717, 1.165) is 46.3 Å². The van der Waals surface area contributed by atoms with Crippen molar-refractivity contribution in [1.29, 1.82) is 0 Å². The molecule has 50 heavy (non-hydrogen) atoms. The monoisotopic (exact) mass is 710 g/mol. The van der Waals surface area contributed by atoms with Gasteiger partial charge in [0, 0.05) is 41.7 Å². The number of fused-ring (bicyclic) bond motifs is 1. The first kappa shape index (κ1) is 35.0. The summed E-state index contributed by atoms with van der Waals surface area (Å²) in [4.78, 5) is 23.4. The summed E-state index contributed by atoms with van der Waals surface area (Å²) >= 11 is 0. The fourth-order valence-electron chi connectivity index (χ4n) is 6.19. The smallest absolute Gasteiger partial charge is 0.384 e. The molecule has 0 radical (unpaired) electrons. The van der Waals surface area contributed by atoms with E-state index in [1.54, 1.807) is 6.92 Å². The molecule has 0 amide bonds. The van der Waals surface area contributed by atoms with Crippen molar-refractivity contribution in [2.45, 2.75) is 45.5 Å². The molecule has 1 aliphatic rings. The van der Waals surface area contributed by atoms with Crippen LogP contribution < -0.4 is 21.5 Å². The summed E-state index contributed by atoms with van der Waals surface area (Å²) in [5, 5.41) is 14.6. The fraction of sp³-hybridized carbons (Fsp3) is 0.353. The third-order valence-corrected chi connectivity index (χ3v) is 10.2. The van der Waals surface area contributed by atoms with Crippen LogP contribution in [0.3, 0.4) is 0 Å². The number of methoxy groups -OCH3 is 1. The van der Waals surface area contributed by atoms with Crippen molar-refractivity contribution in [1.82, 2.24) is 29.0 Å². The van der Waals surface area contributed by atoms with Gasteiger partial charge in [-0.05, 0) is 81.7 Å². The second-order valence-corrected chi connectivity index (χ2v) is 14.1. The van der Waals surface area contributed by atoms with E-state index in [2.05, 4.69) is 31.0 Å². The van der Waals surface area contributed by atoms with E-state index in [1.807, 2.05) is 24.3 Å². The van der Waals surface area contributed by atoms with Gasteiger partial charge in [-0.15, -0.1) is 0 Å². The highest BCUT2D eigenvalue weighted by atomic mass is 32.2. The first-order chi connectivity index (χ1) is 23.9. The Labute approximate surface area is 286 Å². The van der Waals surface area contributed by atoms with Crippen molar-refractivity contribution >= 4 is 38.4 Å². The van der Waals surface area contributed by atoms with Gasteiger partial charge in [0.2, 0.25) is 5.95 Å². The number of piperidine rings is 1. The molecule has 1 saturated heterocycles. The van der Waals surface area contributed by atoms with Crippen LogP contribution in [0.2, 0.25) is 0 Å². The molecule has 0 aliphatic carbocycles. The second-order valence-electron chi connectivity index (χ2n) is 12.1. The minimum Gasteiger partial charge on any atom is -0.384 e. The van der Waals surface area contributed by atoms with Gasteiger partial charge in [-0.3, -0.25) is 9.36 Å². The first-order valence-corrected chi connectivity index (χ1v) is 17.7. The Morgan fingerprint density at radius 1 is 1.04 bits per heavy atom. The zero-order valence-corrected chi connectivity index (χ0v) is 28.5. The summed E-state index contributed by atoms with van der Waals surface area (Å²) < 4.78 is 75.3. The van der Waals surface area contributed by atoms with E-state index < -0.39 is 33.9 Å². The van der Waals surface area contributed by atoms with Crippen molar-refractivity contribution in [2.24, 2.45) is 0 Å². The van der Waals surface area contributed by atoms with E-state index in [0.29, 0.717) is 17.1 Å². The number of hydrogen-bond donors (Lipinski definition) is 3. The molecule has 0 atom stereocenters. The number of benzene rings is 2. The van der Waals surface area contributed by atoms with Gasteiger partial charge in [0.1, 0.15) is 5.65 Å². The minimum atomic E-state index is -4.67. The standard InChI is InChI=1S/C34H37F3N8O4S/c1-21-30(22(2)45(43-21)50(47,48)17-16-49-3)28-18-24-19-39-33(41-26-10-8-25(9-11-26)40-27-12-14-38-15-13-27)42-31(24)44(32(28)46)20-23-6-4-5-7-29(23)34(35,36)37/h4-11,18-19,27,38,40H,12-17,20H2,1-3H3,(H,39,41,42). The highest BCUT2D eigenvalue weighted by Crippen LogP contribution is 2.33. The van der Waals surface area contributed by atoms with Gasteiger partial charge in [0.15, 0.2) is 0 Å². The predicted molar refractivity (Wildman–Crippen MR) is 185 cm³/mol. The largest absolute Gasteiger partial charge is 0.416 e. The van der Waals surface area contributed by atoms with Crippen LogP contribution in [-0.2, 0) is 27.5 Å². The lowest BCUT2D eigenvalue weighted by Crippen LogP contribution is -2.35. The van der Waals surface area contributed by atoms with Crippen LogP contribution >= 0.6 is 0 Å². The first-order valence-electron chi connectivity index (χ1n) is 16.0. The molecular formula is C34H37F3N8O4S. The van der Waals surface area contributed by atoms with Crippen LogP contribution in [0.15, 0.2) is 65.6 Å². The van der Waals surface area contributed by atoms with Crippen LogP contribution in [0.5, 0.6) is 0 Å². The van der Waals surface area contributed by atoms with E-state index in [4.69, 9.17) is 4.74 Å². The van der Waals surface area contributed by atoms with Gasteiger partial charge >= 0.3 is 6.18 Å². The maximum atomic E-state index is 14.3. The van der Waals surface area contributed by atoms with Crippen molar-refractivity contribution in [2.75, 3.05) is 43.2 Å². The minimum absolute atomic E-state index is 0.0475. The van der Waals surface area contributed by atoms with Gasteiger partial charge in [0.05, 0.1) is 41.4 Å². The van der Waals surface area contributed by atoms with Gasteiger partial charge in [-0.25, -0.2) is 13.4 Å². The molecule has 1 fully saturated rings. The summed E-state index contributed by atoms with van der Waals surface area (Å²) in [6, 6.07) is 14.5. The Morgan fingerprint density at radius 2 is 1.74 bits per heavy atom. The Kier molecular flexibility index (Phi) is 9.96. The molecule has 0 saturated carbocycles. The third kappa shape index (κ3) is 7.37. The SMILES string of the molecule is COCCS(=O)(=O)n1nc(C)c(-c2cc3cnc(Nc4ccc(NC5CCNCC5)cc4)nc3n(Cc3ccccc3C(F)(F)F)c2=O)c1C. The number of pyridine rings is 1. The van der Waals surface area contributed by atoms with Gasteiger partial charge in [0.25, 0.3) is 15.6 Å². The molecule has 1 aliphatic heterocycles. The average Bonchev–Trinajstić information content (AvgIpc) is 3.40. The molecule has 16 heteroatoms. The lowest BCUT2D eigenvalue weighted by molar-refractivity contribution is -0.138. The topological polar surface area (TPSA) is 145 Å². The summed E-state index contributed by atoms with van der Waals surface area (Å²) in [5.41, 5.74) is 0.739. The van der Waals surface area contributed by atoms with E-state index in [1.165, 1.54) is 44.5 Å². The molecule has 3 aromatic heterocycles. The highest BCUT2D eigenvalue weighted by molar-refractivity contribution is 7.89. The van der Waals surface area contributed by atoms with E-state index >= 15 is 0 Å². The average molecular weight is 711 g/mol. The Balaban J connectivity index is 1.43. The zero-order valence-electron chi connectivity index (χ0n) is 27.7. The fourth-order valence-corrected chi connectivity index (χ4v) is 7.49. The second kappa shape index (κ2) is 14.2. The lowest BCUT2D eigenvalue weighted by atomic mass is 10.0. The van der Waals surface area contributed by atoms with Crippen molar-refractivity contribution < 1.29 is 26.3 Å². The lowest BCUT2D eigenvalue weighted by Gasteiger charge is -2.24. The number of ether oxygens (including phenoxy) is 1. The normalized spacial score (nSPS) is 14.3. The number of anilines is 3. The summed E-state index contributed by atoms with van der Waals surface area (Å²) in [5.74, 6) is -0.215. The summed E-state index contributed by atoms with van der Waals surface area (Å²) in [6.07, 6.45) is -1.15.